The number of aromatic amines is 1. The van der Waals surface area contributed by atoms with Gasteiger partial charge in [-0.1, -0.05) is 30.3 Å². The quantitative estimate of drug-likeness (QED) is 0.658. The second-order valence-electron chi connectivity index (χ2n) is 4.96. The number of anilines is 1. The largest absolute Gasteiger partial charge is 0.489 e. The number of hydrogen-bond donors (Lipinski definition) is 2. The molecule has 0 saturated carbocycles. The number of nitrogens with one attached hydrogen (secondary N) is 2. The van der Waals surface area contributed by atoms with Crippen LogP contribution in [0, 0.1) is 0 Å². The van der Waals surface area contributed by atoms with Crippen molar-refractivity contribution in [2.75, 3.05) is 25.6 Å². The number of imidazole rings is 1. The molecule has 0 atom stereocenters. The molecule has 114 valence electrons. The number of H-pyrrole nitrogens is 1. The molecule has 0 aliphatic heterocycles. The Balaban J connectivity index is 1.67. The van der Waals surface area contributed by atoms with E-state index >= 15 is 0 Å². The van der Waals surface area contributed by atoms with Crippen LogP contribution in [0.5, 0.6) is 5.75 Å². The van der Waals surface area contributed by atoms with E-state index in [1.165, 1.54) is 0 Å². The number of nitrogens with zero attached hydrogens (tertiary/aromatic N) is 1. The maximum atomic E-state index is 5.82. The van der Waals surface area contributed by atoms with Crippen LogP contribution in [0.3, 0.4) is 0 Å². The van der Waals surface area contributed by atoms with Gasteiger partial charge in [-0.15, -0.1) is 0 Å². The first kappa shape index (κ1) is 14.4. The van der Waals surface area contributed by atoms with Crippen molar-refractivity contribution < 1.29 is 9.47 Å². The molecule has 3 aromatic rings. The van der Waals surface area contributed by atoms with E-state index < -0.39 is 0 Å². The average Bonchev–Trinajstić information content (AvgIpc) is 2.96. The van der Waals surface area contributed by atoms with Gasteiger partial charge in [0, 0.05) is 19.7 Å². The maximum absolute atomic E-state index is 5.82. The van der Waals surface area contributed by atoms with Crippen molar-refractivity contribution in [3.63, 3.8) is 0 Å². The third kappa shape index (κ3) is 3.56. The lowest BCUT2D eigenvalue weighted by atomic mass is 10.2. The van der Waals surface area contributed by atoms with Gasteiger partial charge in [-0.2, -0.15) is 0 Å². The third-order valence-corrected chi connectivity index (χ3v) is 3.30. The summed E-state index contributed by atoms with van der Waals surface area (Å²) in [5.41, 5.74) is 3.01. The van der Waals surface area contributed by atoms with Gasteiger partial charge in [0.15, 0.2) is 0 Å². The summed E-state index contributed by atoms with van der Waals surface area (Å²) in [4.78, 5) is 7.70. The van der Waals surface area contributed by atoms with Gasteiger partial charge in [-0.25, -0.2) is 4.98 Å². The van der Waals surface area contributed by atoms with E-state index in [1.54, 1.807) is 7.11 Å². The minimum absolute atomic E-state index is 0.555. The van der Waals surface area contributed by atoms with Gasteiger partial charge in [0.05, 0.1) is 17.6 Å². The van der Waals surface area contributed by atoms with Crippen molar-refractivity contribution in [1.82, 2.24) is 9.97 Å². The molecule has 5 nitrogen and oxygen atoms in total. The SMILES string of the molecule is COCCNc1nc2ccc(OCc3ccccc3)cc2[nH]1. The first-order valence-electron chi connectivity index (χ1n) is 7.24. The van der Waals surface area contributed by atoms with Crippen LogP contribution in [0.2, 0.25) is 0 Å². The highest BCUT2D eigenvalue weighted by Gasteiger charge is 2.04. The second kappa shape index (κ2) is 6.95. The van der Waals surface area contributed by atoms with Crippen LogP contribution in [-0.2, 0) is 11.3 Å². The number of rotatable bonds is 7. The topological polar surface area (TPSA) is 59.2 Å². The fourth-order valence-corrected chi connectivity index (χ4v) is 2.17. The Morgan fingerprint density at radius 3 is 2.82 bits per heavy atom. The summed E-state index contributed by atoms with van der Waals surface area (Å²) in [7, 11) is 1.68. The molecule has 5 heteroatoms. The zero-order valence-corrected chi connectivity index (χ0v) is 12.5. The van der Waals surface area contributed by atoms with Crippen molar-refractivity contribution in [3.8, 4) is 5.75 Å². The Hall–Kier alpha value is -2.53. The molecule has 0 saturated heterocycles. The molecule has 0 aliphatic rings. The molecule has 1 aromatic heterocycles. The van der Waals surface area contributed by atoms with E-state index in [1.807, 2.05) is 48.5 Å². The maximum Gasteiger partial charge on any atom is 0.201 e. The van der Waals surface area contributed by atoms with Crippen LogP contribution < -0.4 is 10.1 Å². The minimum atomic E-state index is 0.555. The predicted molar refractivity (Wildman–Crippen MR) is 87.2 cm³/mol. The predicted octanol–water partition coefficient (Wildman–Crippen LogP) is 3.20. The monoisotopic (exact) mass is 297 g/mol. The van der Waals surface area contributed by atoms with Crippen LogP contribution in [0.4, 0.5) is 5.95 Å². The molecule has 0 radical (unpaired) electrons. The van der Waals surface area contributed by atoms with E-state index in [-0.39, 0.29) is 0 Å². The average molecular weight is 297 g/mol. The second-order valence-corrected chi connectivity index (χ2v) is 4.96. The summed E-state index contributed by atoms with van der Waals surface area (Å²) < 4.78 is 10.8. The van der Waals surface area contributed by atoms with Crippen LogP contribution in [0.25, 0.3) is 11.0 Å². The summed E-state index contributed by atoms with van der Waals surface area (Å²) in [6, 6.07) is 16.0. The molecule has 0 fully saturated rings. The highest BCUT2D eigenvalue weighted by Crippen LogP contribution is 2.21. The van der Waals surface area contributed by atoms with Gasteiger partial charge >= 0.3 is 0 Å². The Bertz CT molecular complexity index is 725. The van der Waals surface area contributed by atoms with Crippen molar-refractivity contribution in [3.05, 3.63) is 54.1 Å². The zero-order chi connectivity index (χ0) is 15.2. The van der Waals surface area contributed by atoms with Gasteiger partial charge in [0.25, 0.3) is 0 Å². The lowest BCUT2D eigenvalue weighted by Gasteiger charge is -2.05. The summed E-state index contributed by atoms with van der Waals surface area (Å²) in [5, 5.41) is 3.18. The molecule has 0 unspecified atom stereocenters. The first-order chi connectivity index (χ1) is 10.8. The molecule has 0 aliphatic carbocycles. The smallest absolute Gasteiger partial charge is 0.201 e. The van der Waals surface area contributed by atoms with Crippen molar-refractivity contribution in [2.24, 2.45) is 0 Å². The Morgan fingerprint density at radius 2 is 2.00 bits per heavy atom. The molecule has 0 bridgehead atoms. The summed E-state index contributed by atoms with van der Waals surface area (Å²) in [5.74, 6) is 1.57. The standard InChI is InChI=1S/C17H19N3O2/c1-21-10-9-18-17-19-15-8-7-14(11-16(15)20-17)22-12-13-5-3-2-4-6-13/h2-8,11H,9-10,12H2,1H3,(H2,18,19,20). The van der Waals surface area contributed by atoms with E-state index in [0.717, 1.165) is 28.3 Å². The van der Waals surface area contributed by atoms with Crippen molar-refractivity contribution >= 4 is 17.0 Å². The molecule has 2 aromatic carbocycles. The number of benzene rings is 2. The normalized spacial score (nSPS) is 10.8. The van der Waals surface area contributed by atoms with E-state index in [2.05, 4.69) is 15.3 Å². The molecule has 22 heavy (non-hydrogen) atoms. The number of methoxy groups -OCH3 is 1. The summed E-state index contributed by atoms with van der Waals surface area (Å²) >= 11 is 0. The highest BCUT2D eigenvalue weighted by atomic mass is 16.5. The first-order valence-corrected chi connectivity index (χ1v) is 7.24. The summed E-state index contributed by atoms with van der Waals surface area (Å²) in [6.45, 7) is 1.91. The number of ether oxygens (including phenoxy) is 2. The molecule has 0 amide bonds. The van der Waals surface area contributed by atoms with Gasteiger partial charge in [0.2, 0.25) is 5.95 Å². The van der Waals surface area contributed by atoms with Gasteiger partial charge in [0.1, 0.15) is 12.4 Å². The van der Waals surface area contributed by atoms with E-state index in [4.69, 9.17) is 9.47 Å². The van der Waals surface area contributed by atoms with Gasteiger partial charge in [-0.05, 0) is 17.7 Å². The molecule has 0 spiro atoms. The lowest BCUT2D eigenvalue weighted by Crippen LogP contribution is -2.08. The summed E-state index contributed by atoms with van der Waals surface area (Å²) in [6.07, 6.45) is 0. The number of aromatic nitrogens is 2. The fraction of sp³-hybridized carbons (Fsp3) is 0.235. The zero-order valence-electron chi connectivity index (χ0n) is 12.5. The van der Waals surface area contributed by atoms with E-state index in [9.17, 15) is 0 Å². The highest BCUT2D eigenvalue weighted by molar-refractivity contribution is 5.79. The number of hydrogen-bond acceptors (Lipinski definition) is 4. The molecular weight excluding hydrogens is 278 g/mol. The van der Waals surface area contributed by atoms with Crippen molar-refractivity contribution in [1.29, 1.82) is 0 Å². The molecular formula is C17H19N3O2. The van der Waals surface area contributed by atoms with Crippen LogP contribution >= 0.6 is 0 Å². The third-order valence-electron chi connectivity index (χ3n) is 3.30. The van der Waals surface area contributed by atoms with Crippen LogP contribution in [-0.4, -0.2) is 30.2 Å². The molecule has 1 heterocycles. The van der Waals surface area contributed by atoms with Crippen LogP contribution in [0.1, 0.15) is 5.56 Å². The minimum Gasteiger partial charge on any atom is -0.489 e. The van der Waals surface area contributed by atoms with E-state index in [0.29, 0.717) is 19.8 Å². The van der Waals surface area contributed by atoms with Crippen molar-refractivity contribution in [2.45, 2.75) is 6.61 Å². The Kier molecular flexibility index (Phi) is 4.56. The van der Waals surface area contributed by atoms with Gasteiger partial charge in [-0.3, -0.25) is 0 Å². The molecule has 2 N–H and O–H groups in total. The number of fused-ring (bicyclic) bond motifs is 1. The lowest BCUT2D eigenvalue weighted by molar-refractivity contribution is 0.210. The van der Waals surface area contributed by atoms with Crippen LogP contribution in [0.15, 0.2) is 48.5 Å². The Morgan fingerprint density at radius 1 is 1.14 bits per heavy atom. The molecule has 3 rings (SSSR count). The Labute approximate surface area is 129 Å². The van der Waals surface area contributed by atoms with Gasteiger partial charge < -0.3 is 19.8 Å². The fourth-order valence-electron chi connectivity index (χ4n) is 2.17.